The van der Waals surface area contributed by atoms with Crippen molar-refractivity contribution in [2.75, 3.05) is 13.2 Å². The molecule has 1 saturated carbocycles. The Bertz CT molecular complexity index is 576. The fourth-order valence-corrected chi connectivity index (χ4v) is 2.59. The van der Waals surface area contributed by atoms with Crippen LogP contribution < -0.4 is 10.9 Å². The van der Waals surface area contributed by atoms with E-state index in [1.807, 2.05) is 0 Å². The monoisotopic (exact) mass is 293 g/mol. The molecule has 1 fully saturated rings. The summed E-state index contributed by atoms with van der Waals surface area (Å²) in [5.74, 6) is 0.531. The molecule has 1 aliphatic rings. The maximum atomic E-state index is 11.9. The van der Waals surface area contributed by atoms with Gasteiger partial charge in [-0.2, -0.15) is 0 Å². The molecule has 2 rings (SSSR count). The van der Waals surface area contributed by atoms with Gasteiger partial charge in [0.15, 0.2) is 0 Å². The van der Waals surface area contributed by atoms with Crippen LogP contribution in [0.15, 0.2) is 4.79 Å². The zero-order valence-electron chi connectivity index (χ0n) is 12.7. The van der Waals surface area contributed by atoms with Gasteiger partial charge in [-0.1, -0.05) is 0 Å². The average Bonchev–Trinajstić information content (AvgIpc) is 3.16. The summed E-state index contributed by atoms with van der Waals surface area (Å²) in [6.07, 6.45) is 3.55. The molecule has 0 saturated heterocycles. The van der Waals surface area contributed by atoms with Crippen LogP contribution in [0, 0.1) is 19.3 Å². The molecule has 3 N–H and O–H groups in total. The Kier molecular flexibility index (Phi) is 4.77. The van der Waals surface area contributed by atoms with E-state index in [0.29, 0.717) is 30.0 Å². The number of aromatic amines is 1. The lowest BCUT2D eigenvalue weighted by molar-refractivity contribution is -0.121. The van der Waals surface area contributed by atoms with Crippen molar-refractivity contribution < 1.29 is 9.90 Å². The summed E-state index contributed by atoms with van der Waals surface area (Å²) in [5, 5.41) is 11.9. The molecule has 1 heterocycles. The summed E-state index contributed by atoms with van der Waals surface area (Å²) in [6, 6.07) is 0. The molecule has 0 bridgehead atoms. The lowest BCUT2D eigenvalue weighted by atomic mass is 10.0. The molecule has 21 heavy (non-hydrogen) atoms. The van der Waals surface area contributed by atoms with Gasteiger partial charge < -0.3 is 15.4 Å². The Balaban J connectivity index is 1.83. The molecule has 0 aromatic carbocycles. The zero-order chi connectivity index (χ0) is 15.5. The number of aryl methyl sites for hydroxylation is 2. The maximum absolute atomic E-state index is 11.9. The molecule has 6 nitrogen and oxygen atoms in total. The number of aromatic nitrogens is 2. The van der Waals surface area contributed by atoms with Gasteiger partial charge in [0, 0.05) is 30.8 Å². The van der Waals surface area contributed by atoms with Crippen molar-refractivity contribution in [1.29, 1.82) is 0 Å². The van der Waals surface area contributed by atoms with Gasteiger partial charge in [0.25, 0.3) is 5.56 Å². The Hall–Kier alpha value is -1.69. The van der Waals surface area contributed by atoms with Gasteiger partial charge in [0.1, 0.15) is 5.82 Å². The number of H-pyrrole nitrogens is 1. The molecule has 116 valence electrons. The standard InChI is InChI=1S/C15H23N3O3/c1-10-12(14(21)18-11(2)17-10)3-4-13(20)16-9-15(5-6-15)7-8-19/h19H,3-9H2,1-2H3,(H,16,20)(H,17,18,21). The van der Waals surface area contributed by atoms with Crippen molar-refractivity contribution in [2.45, 2.75) is 46.0 Å². The van der Waals surface area contributed by atoms with Crippen LogP contribution in [0.2, 0.25) is 0 Å². The van der Waals surface area contributed by atoms with Gasteiger partial charge in [-0.05, 0) is 44.9 Å². The number of nitrogens with one attached hydrogen (secondary N) is 2. The van der Waals surface area contributed by atoms with Crippen molar-refractivity contribution in [3.8, 4) is 0 Å². The van der Waals surface area contributed by atoms with Crippen molar-refractivity contribution in [2.24, 2.45) is 5.41 Å². The maximum Gasteiger partial charge on any atom is 0.254 e. The van der Waals surface area contributed by atoms with E-state index in [-0.39, 0.29) is 29.9 Å². The minimum absolute atomic E-state index is 0.0569. The number of aliphatic hydroxyl groups excluding tert-OH is 1. The number of aliphatic hydroxyl groups is 1. The minimum atomic E-state index is -0.160. The quantitative estimate of drug-likeness (QED) is 0.686. The van der Waals surface area contributed by atoms with Crippen LogP contribution in [-0.2, 0) is 11.2 Å². The SMILES string of the molecule is Cc1nc(C)c(CCC(=O)NCC2(CCO)CC2)c(=O)[nH]1. The first-order valence-electron chi connectivity index (χ1n) is 7.40. The molecule has 0 unspecified atom stereocenters. The Labute approximate surface area is 124 Å². The number of carbonyl (C=O) groups is 1. The molecular formula is C15H23N3O3. The third-order valence-electron chi connectivity index (χ3n) is 4.20. The lowest BCUT2D eigenvalue weighted by Gasteiger charge is -2.14. The molecule has 0 spiro atoms. The topological polar surface area (TPSA) is 95.1 Å². The van der Waals surface area contributed by atoms with Gasteiger partial charge in [0.2, 0.25) is 5.91 Å². The van der Waals surface area contributed by atoms with Gasteiger partial charge >= 0.3 is 0 Å². The molecule has 1 aromatic heterocycles. The first kappa shape index (κ1) is 15.7. The van der Waals surface area contributed by atoms with E-state index >= 15 is 0 Å². The van der Waals surface area contributed by atoms with E-state index in [1.54, 1.807) is 13.8 Å². The molecule has 0 radical (unpaired) electrons. The highest BCUT2D eigenvalue weighted by atomic mass is 16.3. The number of nitrogens with zero attached hydrogens (tertiary/aromatic N) is 1. The van der Waals surface area contributed by atoms with Gasteiger partial charge in [-0.25, -0.2) is 4.98 Å². The highest BCUT2D eigenvalue weighted by molar-refractivity contribution is 5.76. The molecule has 0 aliphatic heterocycles. The second-order valence-electron chi connectivity index (χ2n) is 5.97. The molecule has 1 aromatic rings. The lowest BCUT2D eigenvalue weighted by Crippen LogP contribution is -2.31. The van der Waals surface area contributed by atoms with Crippen LogP contribution in [0.1, 0.15) is 42.8 Å². The zero-order valence-corrected chi connectivity index (χ0v) is 12.7. The van der Waals surface area contributed by atoms with Gasteiger partial charge in [-0.3, -0.25) is 9.59 Å². The summed E-state index contributed by atoms with van der Waals surface area (Å²) >= 11 is 0. The Morgan fingerprint density at radius 1 is 1.43 bits per heavy atom. The molecule has 0 atom stereocenters. The molecule has 1 amide bonds. The van der Waals surface area contributed by atoms with E-state index in [4.69, 9.17) is 5.11 Å². The second kappa shape index (κ2) is 6.39. The predicted octanol–water partition coefficient (Wildman–Crippen LogP) is 0.598. The van der Waals surface area contributed by atoms with E-state index in [1.165, 1.54) is 0 Å². The van der Waals surface area contributed by atoms with Crippen molar-refractivity contribution in [3.63, 3.8) is 0 Å². The molecule has 6 heteroatoms. The first-order chi connectivity index (χ1) is 9.96. The third kappa shape index (κ3) is 4.14. The number of amides is 1. The van der Waals surface area contributed by atoms with Gasteiger partial charge in [-0.15, -0.1) is 0 Å². The average molecular weight is 293 g/mol. The number of hydrogen-bond donors (Lipinski definition) is 3. The molecular weight excluding hydrogens is 270 g/mol. The third-order valence-corrected chi connectivity index (χ3v) is 4.20. The number of carbonyl (C=O) groups excluding carboxylic acids is 1. The fourth-order valence-electron chi connectivity index (χ4n) is 2.59. The van der Waals surface area contributed by atoms with Gasteiger partial charge in [0.05, 0.1) is 0 Å². The summed E-state index contributed by atoms with van der Waals surface area (Å²) in [6.45, 7) is 4.31. The van der Waals surface area contributed by atoms with Crippen LogP contribution >= 0.6 is 0 Å². The van der Waals surface area contributed by atoms with Crippen LogP contribution in [0.4, 0.5) is 0 Å². The van der Waals surface area contributed by atoms with Crippen LogP contribution in [-0.4, -0.2) is 34.1 Å². The summed E-state index contributed by atoms with van der Waals surface area (Å²) < 4.78 is 0. The largest absolute Gasteiger partial charge is 0.396 e. The minimum Gasteiger partial charge on any atom is -0.396 e. The van der Waals surface area contributed by atoms with Crippen LogP contribution in [0.3, 0.4) is 0 Å². The van der Waals surface area contributed by atoms with E-state index in [0.717, 1.165) is 19.3 Å². The van der Waals surface area contributed by atoms with E-state index < -0.39 is 0 Å². The highest BCUT2D eigenvalue weighted by Crippen LogP contribution is 2.47. The van der Waals surface area contributed by atoms with Crippen molar-refractivity contribution in [3.05, 3.63) is 27.4 Å². The van der Waals surface area contributed by atoms with Crippen LogP contribution in [0.25, 0.3) is 0 Å². The Morgan fingerprint density at radius 2 is 2.14 bits per heavy atom. The smallest absolute Gasteiger partial charge is 0.254 e. The second-order valence-corrected chi connectivity index (χ2v) is 5.97. The van der Waals surface area contributed by atoms with Crippen molar-refractivity contribution in [1.82, 2.24) is 15.3 Å². The van der Waals surface area contributed by atoms with E-state index in [2.05, 4.69) is 15.3 Å². The number of rotatable bonds is 7. The van der Waals surface area contributed by atoms with E-state index in [9.17, 15) is 9.59 Å². The Morgan fingerprint density at radius 3 is 2.71 bits per heavy atom. The summed E-state index contributed by atoms with van der Waals surface area (Å²) in [7, 11) is 0. The number of hydrogen-bond acceptors (Lipinski definition) is 4. The predicted molar refractivity (Wildman–Crippen MR) is 79.0 cm³/mol. The first-order valence-corrected chi connectivity index (χ1v) is 7.40. The molecule has 1 aliphatic carbocycles. The fraction of sp³-hybridized carbons (Fsp3) is 0.667. The normalized spacial score (nSPS) is 15.8. The van der Waals surface area contributed by atoms with Crippen molar-refractivity contribution >= 4 is 5.91 Å². The van der Waals surface area contributed by atoms with Crippen LogP contribution in [0.5, 0.6) is 0 Å². The highest BCUT2D eigenvalue weighted by Gasteiger charge is 2.41. The summed E-state index contributed by atoms with van der Waals surface area (Å²) in [5.41, 5.74) is 1.21. The summed E-state index contributed by atoms with van der Waals surface area (Å²) in [4.78, 5) is 30.6.